The van der Waals surface area contributed by atoms with E-state index in [1.807, 2.05) is 54.6 Å². The van der Waals surface area contributed by atoms with Gasteiger partial charge < -0.3 is 20.1 Å². The average Bonchev–Trinajstić information content (AvgIpc) is 3.80. The molecule has 0 spiro atoms. The van der Waals surface area contributed by atoms with Crippen molar-refractivity contribution in [3.63, 3.8) is 0 Å². The Balaban J connectivity index is 1.25. The van der Waals surface area contributed by atoms with E-state index >= 15 is 0 Å². The minimum atomic E-state index is -0.911. The third-order valence-corrected chi connectivity index (χ3v) is 10.3. The maximum Gasteiger partial charge on any atom is 0.308 e. The van der Waals surface area contributed by atoms with Crippen molar-refractivity contribution in [2.24, 2.45) is 5.92 Å². The highest BCUT2D eigenvalue weighted by Crippen LogP contribution is 2.30. The molecular formula is C39H46N4O5S. The lowest BCUT2D eigenvalue weighted by Gasteiger charge is -2.24. The number of hydrogen-bond donors (Lipinski definition) is 2. The molecule has 2 amide bonds. The zero-order valence-electron chi connectivity index (χ0n) is 28.8. The van der Waals surface area contributed by atoms with Crippen LogP contribution in [0.5, 0.6) is 5.75 Å². The first kappa shape index (κ1) is 35.7. The number of nitrogens with one attached hydrogen (secondary N) is 1. The van der Waals surface area contributed by atoms with Gasteiger partial charge in [0.05, 0.1) is 17.4 Å². The number of rotatable bonds is 14. The molecule has 1 saturated heterocycles. The van der Waals surface area contributed by atoms with Gasteiger partial charge in [0.25, 0.3) is 5.91 Å². The third kappa shape index (κ3) is 9.53. The van der Waals surface area contributed by atoms with Crippen molar-refractivity contribution in [3.05, 3.63) is 88.4 Å². The lowest BCUT2D eigenvalue weighted by molar-refractivity contribution is -0.141. The zero-order chi connectivity index (χ0) is 35.0. The second kappa shape index (κ2) is 16.2. The summed E-state index contributed by atoms with van der Waals surface area (Å²) in [5.41, 5.74) is 3.48. The second-order valence-electron chi connectivity index (χ2n) is 13.7. The van der Waals surface area contributed by atoms with Crippen LogP contribution in [0.15, 0.2) is 73.1 Å². The van der Waals surface area contributed by atoms with Crippen molar-refractivity contribution in [1.82, 2.24) is 20.2 Å². The number of thiophene rings is 1. The molecule has 3 heterocycles. The summed E-state index contributed by atoms with van der Waals surface area (Å²) < 4.78 is 5.86. The van der Waals surface area contributed by atoms with Crippen molar-refractivity contribution in [1.29, 1.82) is 0 Å². The Kier molecular flexibility index (Phi) is 11.8. The SMILES string of the molecule is CCCCCCOc1ccc(-c2cnc(-c3ccc(CC(NC(=O)c4ccc(C(C)(C)C)s4)C(=O)N4CCC(C(=O)O)C4)cc3)nc2)cc1. The Morgan fingerprint density at radius 3 is 2.24 bits per heavy atom. The number of carbonyl (C=O) groups excluding carboxylic acids is 2. The lowest BCUT2D eigenvalue weighted by Crippen LogP contribution is -2.49. The van der Waals surface area contributed by atoms with E-state index in [0.29, 0.717) is 23.7 Å². The van der Waals surface area contributed by atoms with Crippen molar-refractivity contribution in [2.45, 2.75) is 77.7 Å². The molecule has 2 aromatic carbocycles. The molecule has 2 atom stereocenters. The molecule has 2 unspecified atom stereocenters. The fourth-order valence-corrected chi connectivity index (χ4v) is 6.76. The normalized spacial score (nSPS) is 15.2. The van der Waals surface area contributed by atoms with Gasteiger partial charge in [0, 0.05) is 47.9 Å². The first-order valence-electron chi connectivity index (χ1n) is 17.1. The molecule has 1 fully saturated rings. The van der Waals surface area contributed by atoms with E-state index < -0.39 is 17.9 Å². The minimum Gasteiger partial charge on any atom is -0.494 e. The number of likely N-dealkylation sites (tertiary alicyclic amines) is 1. The molecule has 10 heteroatoms. The third-order valence-electron chi connectivity index (χ3n) is 8.78. The van der Waals surface area contributed by atoms with Crippen molar-refractivity contribution >= 4 is 29.1 Å². The van der Waals surface area contributed by atoms with Crippen LogP contribution >= 0.6 is 11.3 Å². The largest absolute Gasteiger partial charge is 0.494 e. The van der Waals surface area contributed by atoms with E-state index in [1.54, 1.807) is 23.4 Å². The highest BCUT2D eigenvalue weighted by atomic mass is 32.1. The van der Waals surface area contributed by atoms with E-state index in [4.69, 9.17) is 4.74 Å². The van der Waals surface area contributed by atoms with Crippen LogP contribution in [-0.4, -0.2) is 63.5 Å². The van der Waals surface area contributed by atoms with Gasteiger partial charge in [-0.3, -0.25) is 14.4 Å². The maximum atomic E-state index is 13.7. The summed E-state index contributed by atoms with van der Waals surface area (Å²) in [6.45, 7) is 9.67. The first-order valence-corrected chi connectivity index (χ1v) is 17.9. The summed E-state index contributed by atoms with van der Waals surface area (Å²) >= 11 is 1.41. The van der Waals surface area contributed by atoms with Crippen LogP contribution in [0.3, 0.4) is 0 Å². The van der Waals surface area contributed by atoms with Crippen LogP contribution in [0.4, 0.5) is 0 Å². The molecule has 4 aromatic rings. The number of carbonyl (C=O) groups is 3. The van der Waals surface area contributed by atoms with Crippen molar-refractivity contribution in [2.75, 3.05) is 19.7 Å². The molecule has 5 rings (SSSR count). The summed E-state index contributed by atoms with van der Waals surface area (Å²) in [5.74, 6) is -0.677. The molecule has 0 aliphatic carbocycles. The van der Waals surface area contributed by atoms with E-state index in [9.17, 15) is 19.5 Å². The summed E-state index contributed by atoms with van der Waals surface area (Å²) in [6.07, 6.45) is 8.94. The molecule has 258 valence electrons. The zero-order valence-corrected chi connectivity index (χ0v) is 29.6. The van der Waals surface area contributed by atoms with Gasteiger partial charge in [0.2, 0.25) is 5.91 Å². The first-order chi connectivity index (χ1) is 23.5. The highest BCUT2D eigenvalue weighted by molar-refractivity contribution is 7.14. The standard InChI is InChI=1S/C39H46N4O5S/c1-5-6-7-8-21-48-31-15-13-27(14-16-31)30-23-40-35(41-24-30)28-11-9-26(10-12-28)22-32(37(45)43-20-19-29(25-43)38(46)47)42-36(44)33-17-18-34(49-33)39(2,3)4/h9-18,23-24,29,32H,5-8,19-22,25H2,1-4H3,(H,42,44)(H,46,47). The van der Waals surface area contributed by atoms with Crippen LogP contribution in [-0.2, 0) is 21.4 Å². The molecule has 0 saturated carbocycles. The summed E-state index contributed by atoms with van der Waals surface area (Å²) in [4.78, 5) is 51.0. The van der Waals surface area contributed by atoms with E-state index in [1.165, 1.54) is 30.6 Å². The second-order valence-corrected chi connectivity index (χ2v) is 14.8. The molecule has 2 N–H and O–H groups in total. The number of nitrogens with zero attached hydrogens (tertiary/aromatic N) is 3. The van der Waals surface area contributed by atoms with Gasteiger partial charge in [-0.25, -0.2) is 9.97 Å². The summed E-state index contributed by atoms with van der Waals surface area (Å²) in [7, 11) is 0. The van der Waals surface area contributed by atoms with Crippen LogP contribution in [0, 0.1) is 5.92 Å². The summed E-state index contributed by atoms with van der Waals surface area (Å²) in [6, 6.07) is 18.5. The molecule has 1 aliphatic heterocycles. The quantitative estimate of drug-likeness (QED) is 0.133. The topological polar surface area (TPSA) is 122 Å². The Morgan fingerprint density at radius 2 is 1.63 bits per heavy atom. The predicted molar refractivity (Wildman–Crippen MR) is 193 cm³/mol. The fraction of sp³-hybridized carbons (Fsp3) is 0.410. The molecule has 9 nitrogen and oxygen atoms in total. The van der Waals surface area contributed by atoms with Gasteiger partial charge in [-0.05, 0) is 53.6 Å². The van der Waals surface area contributed by atoms with Crippen LogP contribution in [0.25, 0.3) is 22.5 Å². The Bertz CT molecular complexity index is 1710. The Labute approximate surface area is 292 Å². The van der Waals surface area contributed by atoms with E-state index in [0.717, 1.165) is 45.9 Å². The monoisotopic (exact) mass is 682 g/mol. The number of benzene rings is 2. The molecule has 1 aliphatic rings. The van der Waals surface area contributed by atoms with Crippen LogP contribution in [0.2, 0.25) is 0 Å². The number of carboxylic acids is 1. The Morgan fingerprint density at radius 1 is 0.939 bits per heavy atom. The summed E-state index contributed by atoms with van der Waals surface area (Å²) in [5, 5.41) is 12.4. The molecular weight excluding hydrogens is 637 g/mol. The van der Waals surface area contributed by atoms with Crippen LogP contribution < -0.4 is 10.1 Å². The smallest absolute Gasteiger partial charge is 0.308 e. The Hall–Kier alpha value is -4.57. The number of hydrogen-bond acceptors (Lipinski definition) is 7. The number of unbranched alkanes of at least 4 members (excludes halogenated alkanes) is 3. The van der Waals surface area contributed by atoms with Gasteiger partial charge in [0.1, 0.15) is 11.8 Å². The number of aliphatic carboxylic acids is 1. The van der Waals surface area contributed by atoms with E-state index in [-0.39, 0.29) is 30.2 Å². The van der Waals surface area contributed by atoms with Gasteiger partial charge in [-0.1, -0.05) is 83.4 Å². The highest BCUT2D eigenvalue weighted by Gasteiger charge is 2.35. The molecule has 0 bridgehead atoms. The van der Waals surface area contributed by atoms with Crippen molar-refractivity contribution < 1.29 is 24.2 Å². The van der Waals surface area contributed by atoms with Crippen molar-refractivity contribution in [3.8, 4) is 28.3 Å². The number of carboxylic acid groups (broad SMARTS) is 1. The van der Waals surface area contributed by atoms with Gasteiger partial charge in [0.15, 0.2) is 5.82 Å². The maximum absolute atomic E-state index is 13.7. The predicted octanol–water partition coefficient (Wildman–Crippen LogP) is 7.40. The van der Waals surface area contributed by atoms with Gasteiger partial charge in [-0.15, -0.1) is 11.3 Å². The molecule has 0 radical (unpaired) electrons. The lowest BCUT2D eigenvalue weighted by atomic mass is 9.95. The average molecular weight is 683 g/mol. The number of ether oxygens (including phenoxy) is 1. The van der Waals surface area contributed by atoms with E-state index in [2.05, 4.69) is 43.0 Å². The van der Waals surface area contributed by atoms with Gasteiger partial charge >= 0.3 is 5.97 Å². The number of amides is 2. The number of aromatic nitrogens is 2. The fourth-order valence-electron chi connectivity index (χ4n) is 5.79. The van der Waals surface area contributed by atoms with Gasteiger partial charge in [-0.2, -0.15) is 0 Å². The molecule has 2 aromatic heterocycles. The van der Waals surface area contributed by atoms with Crippen LogP contribution in [0.1, 0.15) is 79.9 Å². The molecule has 49 heavy (non-hydrogen) atoms. The minimum absolute atomic E-state index is 0.0976.